The van der Waals surface area contributed by atoms with Gasteiger partial charge in [0.25, 0.3) is 0 Å². The Bertz CT molecular complexity index is 889. The molecule has 1 saturated heterocycles. The first-order chi connectivity index (χ1) is 15.1. The van der Waals surface area contributed by atoms with Crippen molar-refractivity contribution in [1.82, 2.24) is 10.2 Å². The van der Waals surface area contributed by atoms with Gasteiger partial charge in [0.15, 0.2) is 0 Å². The zero-order valence-electron chi connectivity index (χ0n) is 18.9. The fourth-order valence-electron chi connectivity index (χ4n) is 6.14. The smallest absolute Gasteiger partial charge is 0.223 e. The lowest BCUT2D eigenvalue weighted by Gasteiger charge is -2.33. The molecule has 5 rings (SSSR count). The third-order valence-corrected chi connectivity index (χ3v) is 8.35. The number of hydrogen-bond acceptors (Lipinski definition) is 3. The summed E-state index contributed by atoms with van der Waals surface area (Å²) in [6, 6.07) is 15.0. The van der Waals surface area contributed by atoms with Crippen LogP contribution < -0.4 is 5.32 Å². The maximum Gasteiger partial charge on any atom is 0.223 e. The van der Waals surface area contributed by atoms with Gasteiger partial charge in [0, 0.05) is 24.3 Å². The van der Waals surface area contributed by atoms with Crippen LogP contribution in [0.3, 0.4) is 0 Å². The number of rotatable bonds is 7. The summed E-state index contributed by atoms with van der Waals surface area (Å²) in [5.41, 5.74) is 1.80. The summed E-state index contributed by atoms with van der Waals surface area (Å²) < 4.78 is 5.88. The highest BCUT2D eigenvalue weighted by Gasteiger charge is 2.58. The Kier molecular flexibility index (Phi) is 5.68. The number of likely N-dealkylation sites (tertiary alicyclic amines) is 1. The number of carbonyl (C=O) groups is 1. The standard InChI is InChI=1S/C27H36N2O2/c1-2-22-10-11-23(31-22)19-29-16-14-26(15-17-29)18-24(26)25(30)28-20-27(12-6-7-13-27)21-8-4-3-5-9-21/h3-5,8-11,24H,2,6-7,12-20H2,1H3,(H,28,30). The number of aryl methyl sites for hydroxylation is 1. The quantitative estimate of drug-likeness (QED) is 0.680. The van der Waals surface area contributed by atoms with Gasteiger partial charge in [-0.2, -0.15) is 0 Å². The minimum absolute atomic E-state index is 0.142. The van der Waals surface area contributed by atoms with Gasteiger partial charge >= 0.3 is 0 Å². The van der Waals surface area contributed by atoms with Crippen LogP contribution in [0.2, 0.25) is 0 Å². The summed E-state index contributed by atoms with van der Waals surface area (Å²) >= 11 is 0. The van der Waals surface area contributed by atoms with Gasteiger partial charge in [-0.1, -0.05) is 50.1 Å². The molecule has 1 aromatic heterocycles. The second-order valence-electron chi connectivity index (χ2n) is 10.2. The molecule has 2 saturated carbocycles. The highest BCUT2D eigenvalue weighted by atomic mass is 16.3. The fraction of sp³-hybridized carbons (Fsp3) is 0.593. The van der Waals surface area contributed by atoms with Crippen molar-refractivity contribution in [2.45, 2.75) is 70.3 Å². The van der Waals surface area contributed by atoms with E-state index in [1.807, 2.05) is 0 Å². The molecule has 0 radical (unpaired) electrons. The molecule has 1 N–H and O–H groups in total. The summed E-state index contributed by atoms with van der Waals surface area (Å²) in [7, 11) is 0. The van der Waals surface area contributed by atoms with Crippen LogP contribution in [0.15, 0.2) is 46.9 Å². The Labute approximate surface area is 186 Å². The molecule has 1 amide bonds. The molecule has 2 heterocycles. The molecule has 0 bridgehead atoms. The summed E-state index contributed by atoms with van der Waals surface area (Å²) in [6.45, 7) is 5.96. The molecule has 166 valence electrons. The minimum Gasteiger partial charge on any atom is -0.465 e. The van der Waals surface area contributed by atoms with Gasteiger partial charge < -0.3 is 9.73 Å². The summed E-state index contributed by atoms with van der Waals surface area (Å²) in [5.74, 6) is 2.66. The van der Waals surface area contributed by atoms with Crippen LogP contribution in [-0.2, 0) is 23.2 Å². The van der Waals surface area contributed by atoms with Gasteiger partial charge in [0.05, 0.1) is 6.54 Å². The second kappa shape index (κ2) is 8.46. The molecular formula is C27H36N2O2. The number of benzene rings is 1. The number of nitrogens with one attached hydrogen (secondary N) is 1. The van der Waals surface area contributed by atoms with Crippen LogP contribution in [0.1, 0.15) is 69.0 Å². The SMILES string of the molecule is CCc1ccc(CN2CCC3(CC2)CC3C(=O)NCC2(c3ccccc3)CCCC2)o1. The molecule has 3 aliphatic rings. The summed E-state index contributed by atoms with van der Waals surface area (Å²) in [6.07, 6.45) is 9.21. The van der Waals surface area contributed by atoms with Gasteiger partial charge in [0.1, 0.15) is 11.5 Å². The topological polar surface area (TPSA) is 45.5 Å². The van der Waals surface area contributed by atoms with Crippen LogP contribution in [0, 0.1) is 11.3 Å². The molecule has 1 aliphatic heterocycles. The number of hydrogen-bond donors (Lipinski definition) is 1. The van der Waals surface area contributed by atoms with Crippen molar-refractivity contribution in [2.75, 3.05) is 19.6 Å². The van der Waals surface area contributed by atoms with E-state index in [2.05, 4.69) is 59.6 Å². The van der Waals surface area contributed by atoms with E-state index in [4.69, 9.17) is 4.42 Å². The van der Waals surface area contributed by atoms with E-state index in [0.29, 0.717) is 5.91 Å². The Morgan fingerprint density at radius 2 is 1.74 bits per heavy atom. The number of piperidine rings is 1. The zero-order chi connectivity index (χ0) is 21.3. The Balaban J connectivity index is 1.13. The van der Waals surface area contributed by atoms with Crippen molar-refractivity contribution in [1.29, 1.82) is 0 Å². The van der Waals surface area contributed by atoms with E-state index in [1.54, 1.807) is 0 Å². The third-order valence-electron chi connectivity index (χ3n) is 8.35. The molecule has 1 unspecified atom stereocenters. The Morgan fingerprint density at radius 1 is 1.03 bits per heavy atom. The highest BCUT2D eigenvalue weighted by Crippen LogP contribution is 2.59. The van der Waals surface area contributed by atoms with Crippen LogP contribution >= 0.6 is 0 Å². The van der Waals surface area contributed by atoms with Gasteiger partial charge in [0.2, 0.25) is 5.91 Å². The second-order valence-corrected chi connectivity index (χ2v) is 10.2. The van der Waals surface area contributed by atoms with E-state index < -0.39 is 0 Å². The molecule has 2 aliphatic carbocycles. The lowest BCUT2D eigenvalue weighted by atomic mass is 9.78. The number of amides is 1. The van der Waals surface area contributed by atoms with Gasteiger partial charge in [-0.3, -0.25) is 9.69 Å². The minimum atomic E-state index is 0.142. The molecular weight excluding hydrogens is 384 g/mol. The maximum atomic E-state index is 13.1. The van der Waals surface area contributed by atoms with Crippen molar-refractivity contribution < 1.29 is 9.21 Å². The van der Waals surface area contributed by atoms with Crippen molar-refractivity contribution in [3.05, 3.63) is 59.5 Å². The average molecular weight is 421 g/mol. The molecule has 1 spiro atoms. The highest BCUT2D eigenvalue weighted by molar-refractivity contribution is 5.82. The first kappa shape index (κ1) is 20.8. The number of nitrogens with zero attached hydrogens (tertiary/aromatic N) is 1. The van der Waals surface area contributed by atoms with E-state index in [9.17, 15) is 4.79 Å². The maximum absolute atomic E-state index is 13.1. The molecule has 1 atom stereocenters. The predicted octanol–water partition coefficient (Wildman–Crippen LogP) is 5.07. The van der Waals surface area contributed by atoms with Gasteiger partial charge in [-0.05, 0) is 68.3 Å². The molecule has 31 heavy (non-hydrogen) atoms. The molecule has 2 aromatic rings. The average Bonchev–Trinajstić information content (AvgIpc) is 3.14. The first-order valence-electron chi connectivity index (χ1n) is 12.3. The Hall–Kier alpha value is -2.07. The van der Waals surface area contributed by atoms with Crippen LogP contribution in [0.5, 0.6) is 0 Å². The van der Waals surface area contributed by atoms with Crippen molar-refractivity contribution in [3.63, 3.8) is 0 Å². The van der Waals surface area contributed by atoms with Crippen LogP contribution in [0.25, 0.3) is 0 Å². The summed E-state index contributed by atoms with van der Waals surface area (Å²) in [4.78, 5) is 15.6. The largest absolute Gasteiger partial charge is 0.465 e. The lowest BCUT2D eigenvalue weighted by molar-refractivity contribution is -0.123. The molecule has 4 heteroatoms. The normalized spacial score (nSPS) is 24.4. The van der Waals surface area contributed by atoms with Crippen LogP contribution in [0.4, 0.5) is 0 Å². The lowest BCUT2D eigenvalue weighted by Crippen LogP contribution is -2.41. The fourth-order valence-corrected chi connectivity index (χ4v) is 6.14. The molecule has 1 aromatic carbocycles. The zero-order valence-corrected chi connectivity index (χ0v) is 18.9. The van der Waals surface area contributed by atoms with E-state index in [-0.39, 0.29) is 16.7 Å². The van der Waals surface area contributed by atoms with Crippen LogP contribution in [-0.4, -0.2) is 30.4 Å². The predicted molar refractivity (Wildman–Crippen MR) is 123 cm³/mol. The van der Waals surface area contributed by atoms with Gasteiger partial charge in [-0.15, -0.1) is 0 Å². The number of furan rings is 1. The Morgan fingerprint density at radius 3 is 2.42 bits per heavy atom. The van der Waals surface area contributed by atoms with E-state index in [1.165, 1.54) is 31.2 Å². The monoisotopic (exact) mass is 420 g/mol. The first-order valence-corrected chi connectivity index (χ1v) is 12.3. The van der Waals surface area contributed by atoms with Crippen molar-refractivity contribution in [3.8, 4) is 0 Å². The molecule has 3 fully saturated rings. The third kappa shape index (κ3) is 4.19. The summed E-state index contributed by atoms with van der Waals surface area (Å²) in [5, 5.41) is 3.39. The van der Waals surface area contributed by atoms with Gasteiger partial charge in [-0.25, -0.2) is 0 Å². The van der Waals surface area contributed by atoms with E-state index in [0.717, 1.165) is 63.4 Å². The van der Waals surface area contributed by atoms with E-state index >= 15 is 0 Å². The number of carbonyl (C=O) groups excluding carboxylic acids is 1. The van der Waals surface area contributed by atoms with Crippen molar-refractivity contribution >= 4 is 5.91 Å². The van der Waals surface area contributed by atoms with Crippen molar-refractivity contribution in [2.24, 2.45) is 11.3 Å². The molecule has 4 nitrogen and oxygen atoms in total.